The van der Waals surface area contributed by atoms with Gasteiger partial charge in [-0.15, -0.1) is 0 Å². The first-order valence-electron chi connectivity index (χ1n) is 15.7. The van der Waals surface area contributed by atoms with E-state index in [0.29, 0.717) is 0 Å². The predicted molar refractivity (Wildman–Crippen MR) is 193 cm³/mol. The second kappa shape index (κ2) is 11.5. The van der Waals surface area contributed by atoms with E-state index in [-0.39, 0.29) is 0 Å². The van der Waals surface area contributed by atoms with Crippen LogP contribution in [0.15, 0.2) is 127 Å². The highest BCUT2D eigenvalue weighted by atomic mass is 14.9. The molecule has 0 aromatic heterocycles. The van der Waals surface area contributed by atoms with Gasteiger partial charge < -0.3 is 5.32 Å². The minimum atomic E-state index is 0.836. The molecular formula is C43H37N. The van der Waals surface area contributed by atoms with Crippen LogP contribution in [0.5, 0.6) is 0 Å². The van der Waals surface area contributed by atoms with Gasteiger partial charge in [-0.05, 0) is 114 Å². The maximum Gasteiger partial charge on any atom is 0.0416 e. The number of fused-ring (bicyclic) bond motifs is 4. The molecule has 7 aromatic carbocycles. The number of benzene rings is 7. The van der Waals surface area contributed by atoms with Crippen molar-refractivity contribution in [2.45, 2.75) is 27.7 Å². The Morgan fingerprint density at radius 1 is 0.500 bits per heavy atom. The molecule has 8 rings (SSSR count). The van der Waals surface area contributed by atoms with Gasteiger partial charge in [-0.2, -0.15) is 0 Å². The number of hydrogen-bond acceptors (Lipinski definition) is 1. The first-order valence-corrected chi connectivity index (χ1v) is 15.7. The van der Waals surface area contributed by atoms with Gasteiger partial charge in [-0.25, -0.2) is 0 Å². The number of aryl methyl sites for hydroxylation is 2. The molecule has 214 valence electrons. The monoisotopic (exact) mass is 567 g/mol. The van der Waals surface area contributed by atoms with E-state index in [2.05, 4.69) is 153 Å². The third-order valence-corrected chi connectivity index (χ3v) is 8.92. The number of anilines is 1. The van der Waals surface area contributed by atoms with E-state index in [1.807, 2.05) is 13.8 Å². The smallest absolute Gasteiger partial charge is 0.0416 e. The summed E-state index contributed by atoms with van der Waals surface area (Å²) in [6.45, 7) is 9.36. The molecular weight excluding hydrogens is 530 g/mol. The zero-order chi connectivity index (χ0) is 30.2. The summed E-state index contributed by atoms with van der Waals surface area (Å²) in [5.41, 5.74) is 12.9. The highest BCUT2D eigenvalue weighted by Gasteiger charge is 2.20. The quantitative estimate of drug-likeness (QED) is 0.209. The third-order valence-electron chi connectivity index (χ3n) is 8.92. The zero-order valence-corrected chi connectivity index (χ0v) is 25.9. The summed E-state index contributed by atoms with van der Waals surface area (Å²) in [6, 6.07) is 46.8. The van der Waals surface area contributed by atoms with Gasteiger partial charge in [0.2, 0.25) is 0 Å². The van der Waals surface area contributed by atoms with Gasteiger partial charge in [0.1, 0.15) is 0 Å². The van der Waals surface area contributed by atoms with Gasteiger partial charge in [-0.3, -0.25) is 0 Å². The zero-order valence-electron chi connectivity index (χ0n) is 25.9. The molecule has 0 saturated heterocycles. The summed E-state index contributed by atoms with van der Waals surface area (Å²) >= 11 is 0. The molecule has 1 heteroatoms. The van der Waals surface area contributed by atoms with Crippen molar-refractivity contribution in [2.24, 2.45) is 0 Å². The van der Waals surface area contributed by atoms with Crippen molar-refractivity contribution in [1.82, 2.24) is 0 Å². The number of hydrogen-bond donors (Lipinski definition) is 1. The number of rotatable bonds is 3. The maximum atomic E-state index is 3.62. The Hall–Kier alpha value is -5.14. The fraction of sp³-hybridized carbons (Fsp3) is 0.116. The van der Waals surface area contributed by atoms with Crippen LogP contribution in [0.4, 0.5) is 5.69 Å². The summed E-state index contributed by atoms with van der Waals surface area (Å²) in [6.07, 6.45) is 2.34. The molecule has 0 saturated carbocycles. The molecule has 0 amide bonds. The van der Waals surface area contributed by atoms with Crippen molar-refractivity contribution in [3.63, 3.8) is 0 Å². The van der Waals surface area contributed by atoms with E-state index in [9.17, 15) is 0 Å². The van der Waals surface area contributed by atoms with Crippen molar-refractivity contribution in [1.29, 1.82) is 0 Å². The summed E-state index contributed by atoms with van der Waals surface area (Å²) in [4.78, 5) is 0. The van der Waals surface area contributed by atoms with Crippen molar-refractivity contribution >= 4 is 49.7 Å². The highest BCUT2D eigenvalue weighted by Crippen LogP contribution is 2.45. The first kappa shape index (κ1) is 27.7. The van der Waals surface area contributed by atoms with Gasteiger partial charge >= 0.3 is 0 Å². The van der Waals surface area contributed by atoms with Crippen LogP contribution in [0, 0.1) is 13.8 Å². The molecule has 1 N–H and O–H groups in total. The number of para-hydroxylation sites is 1. The molecule has 0 fully saturated rings. The molecule has 0 atom stereocenters. The van der Waals surface area contributed by atoms with Crippen LogP contribution in [-0.2, 0) is 0 Å². The molecule has 0 unspecified atom stereocenters. The van der Waals surface area contributed by atoms with Crippen LogP contribution in [-0.4, -0.2) is 6.54 Å². The van der Waals surface area contributed by atoms with E-state index in [1.165, 1.54) is 88.1 Å². The van der Waals surface area contributed by atoms with Crippen LogP contribution in [0.3, 0.4) is 0 Å². The van der Waals surface area contributed by atoms with Crippen molar-refractivity contribution < 1.29 is 0 Å². The second-order valence-corrected chi connectivity index (χ2v) is 11.5. The summed E-state index contributed by atoms with van der Waals surface area (Å²) in [5.74, 6) is 0. The lowest BCUT2D eigenvalue weighted by atomic mass is 9.83. The Labute approximate surface area is 260 Å². The maximum absolute atomic E-state index is 3.62. The largest absolute Gasteiger partial charge is 0.380 e. The van der Waals surface area contributed by atoms with E-state index in [4.69, 9.17) is 0 Å². The Morgan fingerprint density at radius 3 is 1.75 bits per heavy atom. The first-order chi connectivity index (χ1) is 21.7. The van der Waals surface area contributed by atoms with Crippen LogP contribution in [0.2, 0.25) is 0 Å². The molecule has 1 nitrogen and oxygen atoms in total. The lowest BCUT2D eigenvalue weighted by Gasteiger charge is -2.23. The molecule has 0 bridgehead atoms. The molecule has 44 heavy (non-hydrogen) atoms. The Balaban J connectivity index is 0.00000153. The molecule has 1 aliphatic rings. The van der Waals surface area contributed by atoms with Gasteiger partial charge in [0, 0.05) is 12.2 Å². The van der Waals surface area contributed by atoms with Gasteiger partial charge in [-0.1, -0.05) is 129 Å². The lowest BCUT2D eigenvalue weighted by Crippen LogP contribution is -2.10. The van der Waals surface area contributed by atoms with Crippen LogP contribution < -0.4 is 5.32 Å². The van der Waals surface area contributed by atoms with Crippen LogP contribution >= 0.6 is 0 Å². The Kier molecular flexibility index (Phi) is 7.24. The predicted octanol–water partition coefficient (Wildman–Crippen LogP) is 12.1. The fourth-order valence-electron chi connectivity index (χ4n) is 6.89. The third kappa shape index (κ3) is 4.66. The average molecular weight is 568 g/mol. The van der Waals surface area contributed by atoms with Crippen LogP contribution in [0.25, 0.3) is 66.2 Å². The minimum Gasteiger partial charge on any atom is -0.380 e. The van der Waals surface area contributed by atoms with E-state index in [0.717, 1.165) is 6.54 Å². The van der Waals surface area contributed by atoms with Crippen molar-refractivity contribution in [3.05, 3.63) is 150 Å². The Morgan fingerprint density at radius 2 is 1.05 bits per heavy atom. The van der Waals surface area contributed by atoms with Gasteiger partial charge in [0.25, 0.3) is 0 Å². The SMILES string of the molecule is CC.Cc1cc(-c2c3ccccc3c(-c3ccc4ccccc4c3)c3ccccc23)c(C)cc1C1=Cc2ccccc2NC1. The van der Waals surface area contributed by atoms with E-state index in [1.54, 1.807) is 0 Å². The molecule has 0 aliphatic carbocycles. The van der Waals surface area contributed by atoms with Crippen LogP contribution in [0.1, 0.15) is 36.1 Å². The molecule has 1 aliphatic heterocycles. The van der Waals surface area contributed by atoms with Crippen molar-refractivity contribution in [2.75, 3.05) is 11.9 Å². The average Bonchev–Trinajstić information content (AvgIpc) is 3.08. The van der Waals surface area contributed by atoms with Crippen molar-refractivity contribution in [3.8, 4) is 22.3 Å². The molecule has 7 aromatic rings. The van der Waals surface area contributed by atoms with E-state index >= 15 is 0 Å². The molecule has 0 spiro atoms. The molecule has 0 radical (unpaired) electrons. The van der Waals surface area contributed by atoms with Gasteiger partial charge in [0.05, 0.1) is 0 Å². The fourth-order valence-corrected chi connectivity index (χ4v) is 6.89. The normalized spacial score (nSPS) is 12.3. The molecule has 1 heterocycles. The van der Waals surface area contributed by atoms with Gasteiger partial charge in [0.15, 0.2) is 0 Å². The standard InChI is InChI=1S/C41H31N.C2H6/c1-26-22-38(27(2)21-37(26)32-24-30-13-5-10-18-39(30)42-25-32)41-35-16-8-6-14-33(35)40(34-15-7-9-17-36(34)41)31-20-19-28-11-3-4-12-29(28)23-31;1-2/h3-24,42H,25H2,1-2H3;1-2H3. The topological polar surface area (TPSA) is 12.0 Å². The second-order valence-electron chi connectivity index (χ2n) is 11.5. The summed E-state index contributed by atoms with van der Waals surface area (Å²) < 4.78 is 0. The summed E-state index contributed by atoms with van der Waals surface area (Å²) in [7, 11) is 0. The summed E-state index contributed by atoms with van der Waals surface area (Å²) in [5, 5.41) is 11.3. The lowest BCUT2D eigenvalue weighted by molar-refractivity contribution is 1.28. The Bertz CT molecular complexity index is 2160. The van der Waals surface area contributed by atoms with E-state index < -0.39 is 0 Å². The minimum absolute atomic E-state index is 0.836. The number of nitrogens with one attached hydrogen (secondary N) is 1. The highest BCUT2D eigenvalue weighted by molar-refractivity contribution is 6.22.